The minimum Gasteiger partial charge on any atom is -0.454 e. The van der Waals surface area contributed by atoms with Crippen LogP contribution in [0.4, 0.5) is 8.78 Å². The summed E-state index contributed by atoms with van der Waals surface area (Å²) in [5.74, 6) is -4.83. The molecule has 4 aromatic carbocycles. The van der Waals surface area contributed by atoms with E-state index in [0.717, 1.165) is 23.4 Å². The molecule has 2 nitrogen and oxygen atoms in total. The van der Waals surface area contributed by atoms with Gasteiger partial charge in [-0.3, -0.25) is 0 Å². The van der Waals surface area contributed by atoms with Crippen LogP contribution in [0.3, 0.4) is 0 Å². The molecule has 2 aromatic heterocycles. The maximum atomic E-state index is 15.8. The standard InChI is InChI=1S/C34H28F2NO/c1-20(2)27-19-37(4)30(18-29(27)36)31-21(3)10-15-25-26-16-17-28(35)32(34(26)38-33(25)31)24-13-11-23(12-14-24)22-8-6-5-7-9-22/h5-20H,1-4H3/q+1/i1D3,2D3,20D. The number of pyridine rings is 1. The van der Waals surface area contributed by atoms with Crippen molar-refractivity contribution >= 4 is 21.9 Å². The number of rotatable bonds is 4. The second-order valence-electron chi connectivity index (χ2n) is 9.38. The first kappa shape index (κ1) is 17.2. The van der Waals surface area contributed by atoms with Gasteiger partial charge in [0.1, 0.15) is 29.8 Å². The van der Waals surface area contributed by atoms with Crippen LogP contribution in [-0.2, 0) is 7.05 Å². The molecule has 0 amide bonds. The van der Waals surface area contributed by atoms with E-state index in [1.54, 1.807) is 13.0 Å². The molecular weight excluding hydrogens is 476 g/mol. The molecule has 2 heterocycles. The molecule has 6 rings (SSSR count). The molecule has 6 aromatic rings. The first-order valence-electron chi connectivity index (χ1n) is 15.6. The number of nitrogens with zero attached hydrogens (tertiary/aromatic N) is 1. The van der Waals surface area contributed by atoms with Crippen LogP contribution in [0.1, 0.15) is 40.3 Å². The molecule has 188 valence electrons. The molecule has 0 bridgehead atoms. The molecule has 0 spiro atoms. The monoisotopic (exact) mass is 511 g/mol. The molecule has 0 unspecified atom stereocenters. The molecule has 0 aliphatic rings. The van der Waals surface area contributed by atoms with Crippen molar-refractivity contribution in [1.82, 2.24) is 0 Å². The second-order valence-corrected chi connectivity index (χ2v) is 9.38. The summed E-state index contributed by atoms with van der Waals surface area (Å²) >= 11 is 0. The third-order valence-electron chi connectivity index (χ3n) is 7.00. The van der Waals surface area contributed by atoms with Gasteiger partial charge in [-0.1, -0.05) is 80.4 Å². The van der Waals surface area contributed by atoms with Crippen molar-refractivity contribution < 1.29 is 27.4 Å². The lowest BCUT2D eigenvalue weighted by Gasteiger charge is -2.09. The third kappa shape index (κ3) is 3.88. The Morgan fingerprint density at radius 2 is 1.39 bits per heavy atom. The summed E-state index contributed by atoms with van der Waals surface area (Å²) in [5.41, 5.74) is 4.16. The lowest BCUT2D eigenvalue weighted by molar-refractivity contribution is -0.661. The topological polar surface area (TPSA) is 17.0 Å². The zero-order valence-electron chi connectivity index (χ0n) is 27.8. The van der Waals surface area contributed by atoms with Crippen LogP contribution in [0, 0.1) is 18.6 Å². The fourth-order valence-electron chi connectivity index (χ4n) is 5.08. The minimum absolute atomic E-state index is 0.256. The largest absolute Gasteiger partial charge is 0.454 e. The summed E-state index contributed by atoms with van der Waals surface area (Å²) in [6, 6.07) is 25.0. The van der Waals surface area contributed by atoms with E-state index >= 15 is 8.78 Å². The van der Waals surface area contributed by atoms with Gasteiger partial charge in [0, 0.05) is 26.4 Å². The van der Waals surface area contributed by atoms with E-state index in [1.807, 2.05) is 66.7 Å². The van der Waals surface area contributed by atoms with Gasteiger partial charge in [0.15, 0.2) is 6.20 Å². The van der Waals surface area contributed by atoms with Crippen LogP contribution in [0.5, 0.6) is 0 Å². The number of benzene rings is 4. The Kier molecular flexibility index (Phi) is 4.18. The van der Waals surface area contributed by atoms with E-state index in [4.69, 9.17) is 14.0 Å². The molecule has 0 saturated heterocycles. The predicted molar refractivity (Wildman–Crippen MR) is 150 cm³/mol. The lowest BCUT2D eigenvalue weighted by Crippen LogP contribution is -2.32. The Hall–Kier alpha value is -4.31. The summed E-state index contributed by atoms with van der Waals surface area (Å²) in [4.78, 5) is 0. The van der Waals surface area contributed by atoms with E-state index < -0.39 is 36.8 Å². The first-order valence-corrected chi connectivity index (χ1v) is 12.1. The summed E-state index contributed by atoms with van der Waals surface area (Å²) in [6.07, 6.45) is 1.04. The minimum atomic E-state index is -3.35. The van der Waals surface area contributed by atoms with E-state index in [1.165, 1.54) is 17.7 Å². The van der Waals surface area contributed by atoms with Gasteiger partial charge in [-0.2, -0.15) is 0 Å². The number of halogens is 2. The molecule has 38 heavy (non-hydrogen) atoms. The van der Waals surface area contributed by atoms with E-state index in [2.05, 4.69) is 0 Å². The molecular formula is C34H28F2NO+. The quantitative estimate of drug-likeness (QED) is 0.216. The van der Waals surface area contributed by atoms with Crippen molar-refractivity contribution in [3.63, 3.8) is 0 Å². The van der Waals surface area contributed by atoms with Gasteiger partial charge < -0.3 is 4.42 Å². The highest BCUT2D eigenvalue weighted by atomic mass is 19.1. The highest BCUT2D eigenvalue weighted by molar-refractivity contribution is 6.13. The lowest BCUT2D eigenvalue weighted by atomic mass is 9.97. The molecule has 0 radical (unpaired) electrons. The van der Waals surface area contributed by atoms with Crippen molar-refractivity contribution in [3.05, 3.63) is 114 Å². The molecule has 0 aliphatic carbocycles. The molecule has 0 atom stereocenters. The summed E-state index contributed by atoms with van der Waals surface area (Å²) < 4.78 is 94.3. The van der Waals surface area contributed by atoms with Gasteiger partial charge in [-0.25, -0.2) is 13.3 Å². The number of aryl methyl sites for hydroxylation is 2. The summed E-state index contributed by atoms with van der Waals surface area (Å²) in [6.45, 7) is -4.90. The SMILES string of the molecule is [2H]C([2H])([2H])C([2H])(c1c[n+](C)c(-c2c(C)ccc3c2oc2c(-c4ccc(-c5ccccc5)cc4)c(F)ccc23)cc1F)C([2H])([2H])[2H]. The molecule has 0 saturated carbocycles. The maximum absolute atomic E-state index is 15.8. The Morgan fingerprint density at radius 3 is 2.11 bits per heavy atom. The number of hydrogen-bond acceptors (Lipinski definition) is 1. The van der Waals surface area contributed by atoms with Crippen LogP contribution in [0.25, 0.3) is 55.4 Å². The average molecular weight is 512 g/mol. The van der Waals surface area contributed by atoms with Gasteiger partial charge in [-0.15, -0.1) is 0 Å². The van der Waals surface area contributed by atoms with Crippen molar-refractivity contribution in [2.24, 2.45) is 7.05 Å². The van der Waals surface area contributed by atoms with Gasteiger partial charge >= 0.3 is 0 Å². The van der Waals surface area contributed by atoms with Crippen LogP contribution in [0.15, 0.2) is 95.5 Å². The van der Waals surface area contributed by atoms with Crippen molar-refractivity contribution in [1.29, 1.82) is 0 Å². The molecule has 0 N–H and O–H groups in total. The predicted octanol–water partition coefficient (Wildman–Crippen LogP) is 9.12. The zero-order valence-corrected chi connectivity index (χ0v) is 20.8. The van der Waals surface area contributed by atoms with Gasteiger partial charge in [0.25, 0.3) is 0 Å². The van der Waals surface area contributed by atoms with Crippen molar-refractivity contribution in [2.75, 3.05) is 0 Å². The number of fused-ring (bicyclic) bond motifs is 3. The average Bonchev–Trinajstić information content (AvgIpc) is 3.35. The number of hydrogen-bond donors (Lipinski definition) is 0. The molecule has 0 aliphatic heterocycles. The van der Waals surface area contributed by atoms with Gasteiger partial charge in [0.2, 0.25) is 5.69 Å². The highest BCUT2D eigenvalue weighted by Gasteiger charge is 2.25. The number of aromatic nitrogens is 1. The summed E-state index contributed by atoms with van der Waals surface area (Å²) in [7, 11) is 1.51. The first-order chi connectivity index (χ1) is 21.1. The van der Waals surface area contributed by atoms with Gasteiger partial charge in [0.05, 0.1) is 16.7 Å². The van der Waals surface area contributed by atoms with Crippen molar-refractivity contribution in [2.45, 2.75) is 26.5 Å². The van der Waals surface area contributed by atoms with Crippen LogP contribution in [-0.4, -0.2) is 0 Å². The normalized spacial score (nSPS) is 15.3. The fourth-order valence-corrected chi connectivity index (χ4v) is 5.08. The van der Waals surface area contributed by atoms with E-state index in [-0.39, 0.29) is 11.3 Å². The van der Waals surface area contributed by atoms with Crippen LogP contribution in [0.2, 0.25) is 0 Å². The highest BCUT2D eigenvalue weighted by Crippen LogP contribution is 2.42. The Labute approximate surface area is 230 Å². The zero-order chi connectivity index (χ0) is 32.5. The fraction of sp³-hybridized carbons (Fsp3) is 0.147. The Balaban J connectivity index is 1.55. The molecule has 4 heteroatoms. The van der Waals surface area contributed by atoms with Crippen LogP contribution < -0.4 is 4.57 Å². The second kappa shape index (κ2) is 9.21. The molecule has 0 fully saturated rings. The van der Waals surface area contributed by atoms with Gasteiger partial charge in [-0.05, 0) is 47.2 Å². The Bertz CT molecular complexity index is 2070. The smallest absolute Gasteiger partial charge is 0.219 e. The maximum Gasteiger partial charge on any atom is 0.219 e. The van der Waals surface area contributed by atoms with E-state index in [9.17, 15) is 0 Å². The Morgan fingerprint density at radius 1 is 0.763 bits per heavy atom. The van der Waals surface area contributed by atoms with Crippen molar-refractivity contribution in [3.8, 4) is 33.5 Å². The summed E-state index contributed by atoms with van der Waals surface area (Å²) in [5, 5.41) is 1.29. The third-order valence-corrected chi connectivity index (χ3v) is 7.00. The number of furan rings is 1. The van der Waals surface area contributed by atoms with Crippen LogP contribution >= 0.6 is 0 Å². The van der Waals surface area contributed by atoms with E-state index in [0.29, 0.717) is 38.6 Å².